The van der Waals surface area contributed by atoms with Gasteiger partial charge in [-0.3, -0.25) is 0 Å². The number of hydrogen-bond donors (Lipinski definition) is 0. The number of benzene rings is 1. The van der Waals surface area contributed by atoms with Crippen LogP contribution in [0.25, 0.3) is 0 Å². The Hall–Kier alpha value is -1.18. The number of ether oxygens (including phenoxy) is 1. The molecule has 0 aromatic heterocycles. The normalized spacial score (nSPS) is 9.56. The summed E-state index contributed by atoms with van der Waals surface area (Å²) in [6.07, 6.45) is 3.84. The Balaban J connectivity index is 2.38. The van der Waals surface area contributed by atoms with Crippen molar-refractivity contribution in [1.29, 1.82) is 0 Å². The second kappa shape index (κ2) is 8.03. The fourth-order valence-corrected chi connectivity index (χ4v) is 1.82. The van der Waals surface area contributed by atoms with Crippen molar-refractivity contribution < 1.29 is 4.74 Å². The molecule has 16 heavy (non-hydrogen) atoms. The van der Waals surface area contributed by atoms with E-state index in [1.807, 2.05) is 30.1 Å². The van der Waals surface area contributed by atoms with Gasteiger partial charge in [0.1, 0.15) is 5.75 Å². The van der Waals surface area contributed by atoms with Crippen molar-refractivity contribution in [2.24, 2.45) is 0 Å². The maximum atomic E-state index is 8.37. The number of hydrogen-bond acceptors (Lipinski definition) is 2. The fraction of sp³-hybridized carbons (Fsp3) is 0.385. The minimum Gasteiger partial charge on any atom is -0.494 e. The molecule has 0 bridgehead atoms. The second-order valence-corrected chi connectivity index (χ2v) is 4.41. The molecular formula is C13H16NOS. The Morgan fingerprint density at radius 2 is 2.12 bits per heavy atom. The summed E-state index contributed by atoms with van der Waals surface area (Å²) in [6.45, 7) is 2.93. The van der Waals surface area contributed by atoms with Crippen LogP contribution in [0.3, 0.4) is 0 Å². The standard InChI is InChI=1S/C13H16NOS/c1-2-3-10-15-12-5-7-13(8-6-12)16-11-4-9-14/h4-8H,2-3,10-11H2,1H3. The van der Waals surface area contributed by atoms with E-state index in [-0.39, 0.29) is 0 Å². The highest BCUT2D eigenvalue weighted by atomic mass is 32.2. The van der Waals surface area contributed by atoms with Gasteiger partial charge in [0.2, 0.25) is 0 Å². The zero-order valence-electron chi connectivity index (χ0n) is 9.48. The van der Waals surface area contributed by atoms with Crippen LogP contribution in [-0.2, 0) is 0 Å². The number of rotatable bonds is 7. The predicted molar refractivity (Wildman–Crippen MR) is 69.3 cm³/mol. The lowest BCUT2D eigenvalue weighted by atomic mass is 10.3. The molecule has 0 heterocycles. The van der Waals surface area contributed by atoms with E-state index in [0.29, 0.717) is 0 Å². The van der Waals surface area contributed by atoms with Gasteiger partial charge in [0.05, 0.1) is 6.61 Å². The fourth-order valence-electron chi connectivity index (χ4n) is 1.14. The zero-order chi connectivity index (χ0) is 11.6. The van der Waals surface area contributed by atoms with Gasteiger partial charge in [0, 0.05) is 16.5 Å². The SMILES string of the molecule is CCCCOc1ccc(SCC=C=[N])cc1. The first-order valence-electron chi connectivity index (χ1n) is 5.43. The van der Waals surface area contributed by atoms with Crippen LogP contribution in [0.15, 0.2) is 35.2 Å². The number of unbranched alkanes of at least 4 members (excludes halogenated alkanes) is 1. The van der Waals surface area contributed by atoms with Gasteiger partial charge in [-0.1, -0.05) is 18.8 Å². The summed E-state index contributed by atoms with van der Waals surface area (Å²) in [4.78, 5) is 1.16. The third-order valence-electron chi connectivity index (χ3n) is 2.01. The second-order valence-electron chi connectivity index (χ2n) is 3.32. The Morgan fingerprint density at radius 3 is 2.75 bits per heavy atom. The molecule has 0 spiro atoms. The van der Waals surface area contributed by atoms with Crippen molar-refractivity contribution >= 4 is 17.6 Å². The maximum absolute atomic E-state index is 8.37. The molecule has 0 atom stereocenters. The van der Waals surface area contributed by atoms with Crippen molar-refractivity contribution in [3.63, 3.8) is 0 Å². The van der Waals surface area contributed by atoms with E-state index in [9.17, 15) is 0 Å². The van der Waals surface area contributed by atoms with E-state index < -0.39 is 0 Å². The van der Waals surface area contributed by atoms with Crippen LogP contribution in [0.2, 0.25) is 0 Å². The lowest BCUT2D eigenvalue weighted by molar-refractivity contribution is 0.309. The minimum atomic E-state index is 0.729. The van der Waals surface area contributed by atoms with Gasteiger partial charge in [-0.25, -0.2) is 0 Å². The van der Waals surface area contributed by atoms with Crippen molar-refractivity contribution in [3.8, 4) is 5.75 Å². The topological polar surface area (TPSA) is 31.5 Å². The van der Waals surface area contributed by atoms with E-state index in [2.05, 4.69) is 6.92 Å². The lowest BCUT2D eigenvalue weighted by Gasteiger charge is -2.05. The summed E-state index contributed by atoms with van der Waals surface area (Å²) in [5, 5.41) is 8.37. The Bertz CT molecular complexity index is 341. The highest BCUT2D eigenvalue weighted by Crippen LogP contribution is 2.21. The van der Waals surface area contributed by atoms with Crippen LogP contribution in [0.5, 0.6) is 5.75 Å². The molecule has 0 aliphatic heterocycles. The smallest absolute Gasteiger partial charge is 0.119 e. The van der Waals surface area contributed by atoms with E-state index in [4.69, 9.17) is 10.1 Å². The van der Waals surface area contributed by atoms with Crippen LogP contribution >= 0.6 is 11.8 Å². The molecule has 1 aromatic rings. The first-order valence-corrected chi connectivity index (χ1v) is 6.42. The van der Waals surface area contributed by atoms with Crippen LogP contribution in [0, 0.1) is 0 Å². The van der Waals surface area contributed by atoms with Crippen LogP contribution in [0.1, 0.15) is 19.8 Å². The molecule has 0 unspecified atom stereocenters. The van der Waals surface area contributed by atoms with Gasteiger partial charge < -0.3 is 4.74 Å². The quantitative estimate of drug-likeness (QED) is 0.412. The van der Waals surface area contributed by atoms with E-state index >= 15 is 0 Å². The zero-order valence-corrected chi connectivity index (χ0v) is 10.3. The average Bonchev–Trinajstić information content (AvgIpc) is 2.32. The molecule has 0 saturated heterocycles. The molecular weight excluding hydrogens is 218 g/mol. The van der Waals surface area contributed by atoms with E-state index in [0.717, 1.165) is 35.8 Å². The van der Waals surface area contributed by atoms with Crippen LogP contribution in [-0.4, -0.2) is 18.2 Å². The molecule has 0 aliphatic carbocycles. The summed E-state index contributed by atoms with van der Waals surface area (Å²) in [6, 6.07) is 8.00. The summed E-state index contributed by atoms with van der Waals surface area (Å²) in [5.74, 6) is 3.66. The van der Waals surface area contributed by atoms with Gasteiger partial charge >= 0.3 is 0 Å². The highest BCUT2D eigenvalue weighted by Gasteiger charge is 1.95. The predicted octanol–water partition coefficient (Wildman–Crippen LogP) is 2.98. The minimum absolute atomic E-state index is 0.729. The number of nitrogens with zero attached hydrogens (tertiary/aromatic N) is 1. The van der Waals surface area contributed by atoms with Crippen molar-refractivity contribution in [3.05, 3.63) is 30.3 Å². The van der Waals surface area contributed by atoms with Crippen molar-refractivity contribution in [1.82, 2.24) is 5.41 Å². The van der Waals surface area contributed by atoms with Gasteiger partial charge in [-0.05, 0) is 36.8 Å². The van der Waals surface area contributed by atoms with Crippen molar-refractivity contribution in [2.75, 3.05) is 12.4 Å². The third-order valence-corrected chi connectivity index (χ3v) is 2.95. The molecule has 85 valence electrons. The summed E-state index contributed by atoms with van der Waals surface area (Å²) >= 11 is 1.65. The number of thioether (sulfide) groups is 1. The summed E-state index contributed by atoms with van der Waals surface area (Å²) < 4.78 is 5.56. The maximum Gasteiger partial charge on any atom is 0.119 e. The van der Waals surface area contributed by atoms with Crippen LogP contribution in [0.4, 0.5) is 0 Å². The first kappa shape index (κ1) is 12.9. The van der Waals surface area contributed by atoms with E-state index in [1.165, 1.54) is 0 Å². The molecule has 0 fully saturated rings. The molecule has 0 aliphatic rings. The van der Waals surface area contributed by atoms with Gasteiger partial charge in [0.25, 0.3) is 0 Å². The average molecular weight is 234 g/mol. The van der Waals surface area contributed by atoms with Gasteiger partial charge in [-0.15, -0.1) is 11.8 Å². The summed E-state index contributed by atoms with van der Waals surface area (Å²) in [7, 11) is 0. The Morgan fingerprint density at radius 1 is 1.38 bits per heavy atom. The molecule has 1 radical (unpaired) electrons. The molecule has 0 N–H and O–H groups in total. The lowest BCUT2D eigenvalue weighted by Crippen LogP contribution is -1.95. The third kappa shape index (κ3) is 5.06. The van der Waals surface area contributed by atoms with Gasteiger partial charge in [-0.2, -0.15) is 0 Å². The van der Waals surface area contributed by atoms with Gasteiger partial charge in [0.15, 0.2) is 0 Å². The molecule has 1 aromatic carbocycles. The Labute approximate surface area is 101 Å². The molecule has 0 saturated carbocycles. The van der Waals surface area contributed by atoms with Crippen LogP contribution < -0.4 is 10.1 Å². The largest absolute Gasteiger partial charge is 0.494 e. The Kier molecular flexibility index (Phi) is 6.47. The van der Waals surface area contributed by atoms with Crippen molar-refractivity contribution in [2.45, 2.75) is 24.7 Å². The molecule has 0 amide bonds. The monoisotopic (exact) mass is 234 g/mol. The van der Waals surface area contributed by atoms with E-state index in [1.54, 1.807) is 17.8 Å². The summed E-state index contributed by atoms with van der Waals surface area (Å²) in [5.41, 5.74) is 0. The molecule has 2 nitrogen and oxygen atoms in total. The molecule has 1 rings (SSSR count). The molecule has 3 heteroatoms. The highest BCUT2D eigenvalue weighted by molar-refractivity contribution is 7.99. The first-order chi connectivity index (χ1) is 7.86.